The van der Waals surface area contributed by atoms with Crippen LogP contribution in [0.25, 0.3) is 0 Å². The Kier molecular flexibility index (Phi) is 4.96. The Morgan fingerprint density at radius 1 is 1.00 bits per heavy atom. The Labute approximate surface area is 138 Å². The Morgan fingerprint density at radius 2 is 1.75 bits per heavy atom. The Morgan fingerprint density at radius 3 is 2.42 bits per heavy atom. The van der Waals surface area contributed by atoms with Crippen LogP contribution < -0.4 is 0 Å². The van der Waals surface area contributed by atoms with Crippen LogP contribution in [0.15, 0.2) is 24.5 Å². The van der Waals surface area contributed by atoms with E-state index >= 15 is 0 Å². The van der Waals surface area contributed by atoms with Crippen molar-refractivity contribution in [1.82, 2.24) is 0 Å². The molecule has 0 saturated carbocycles. The van der Waals surface area contributed by atoms with Crippen LogP contribution in [0.5, 0.6) is 0 Å². The first kappa shape index (κ1) is 17.8. The molecule has 9 nitrogen and oxygen atoms in total. The minimum atomic E-state index is -1.58. The number of ether oxygens (including phenoxy) is 3. The summed E-state index contributed by atoms with van der Waals surface area (Å²) in [5, 5.41) is 58.8. The molecule has 0 spiro atoms. The van der Waals surface area contributed by atoms with Crippen molar-refractivity contribution in [1.29, 1.82) is 0 Å². The maximum atomic E-state index is 10.5. The molecule has 6 N–H and O–H groups in total. The average molecular weight is 346 g/mol. The van der Waals surface area contributed by atoms with Crippen molar-refractivity contribution in [2.75, 3.05) is 13.2 Å². The van der Waals surface area contributed by atoms with Crippen LogP contribution >= 0.6 is 0 Å². The van der Waals surface area contributed by atoms with Crippen molar-refractivity contribution in [3.8, 4) is 0 Å². The first-order chi connectivity index (χ1) is 11.4. The van der Waals surface area contributed by atoms with Crippen LogP contribution in [0, 0.1) is 11.8 Å². The molecule has 0 unspecified atom stereocenters. The van der Waals surface area contributed by atoms with E-state index in [1.54, 1.807) is 12.2 Å². The average Bonchev–Trinajstić information content (AvgIpc) is 2.94. The van der Waals surface area contributed by atoms with Gasteiger partial charge in [0.05, 0.1) is 25.4 Å². The molecule has 0 amide bonds. The van der Waals surface area contributed by atoms with Gasteiger partial charge in [-0.2, -0.15) is 0 Å². The van der Waals surface area contributed by atoms with Crippen LogP contribution in [-0.2, 0) is 14.2 Å². The molecule has 3 aliphatic rings. The van der Waals surface area contributed by atoms with Crippen molar-refractivity contribution in [2.45, 2.75) is 42.6 Å². The fourth-order valence-electron chi connectivity index (χ4n) is 3.33. The van der Waals surface area contributed by atoms with Gasteiger partial charge in [0.25, 0.3) is 0 Å². The predicted octanol–water partition coefficient (Wildman–Crippen LogP) is -2.80. The number of hydrogen-bond donors (Lipinski definition) is 6. The second-order valence-corrected chi connectivity index (χ2v) is 6.28. The van der Waals surface area contributed by atoms with Crippen molar-refractivity contribution < 1.29 is 44.8 Å². The summed E-state index contributed by atoms with van der Waals surface area (Å²) in [6.07, 6.45) is -1.97. The molecule has 1 aliphatic carbocycles. The van der Waals surface area contributed by atoms with E-state index in [0.29, 0.717) is 0 Å². The fraction of sp³-hybridized carbons (Fsp3) is 0.733. The minimum absolute atomic E-state index is 0.245. The van der Waals surface area contributed by atoms with E-state index in [-0.39, 0.29) is 5.92 Å². The molecule has 0 aromatic heterocycles. The van der Waals surface area contributed by atoms with Crippen LogP contribution in [0.4, 0.5) is 0 Å². The van der Waals surface area contributed by atoms with Crippen LogP contribution in [0.1, 0.15) is 0 Å². The number of aliphatic hydroxyl groups excluding tert-OH is 5. The molecule has 0 radical (unpaired) electrons. The van der Waals surface area contributed by atoms with Gasteiger partial charge in [-0.15, -0.1) is 0 Å². The third-order valence-corrected chi connectivity index (χ3v) is 4.78. The van der Waals surface area contributed by atoms with E-state index in [4.69, 9.17) is 14.2 Å². The lowest BCUT2D eigenvalue weighted by atomic mass is 9.83. The molecule has 1 fully saturated rings. The summed E-state index contributed by atoms with van der Waals surface area (Å²) in [7, 11) is 0. The summed E-state index contributed by atoms with van der Waals surface area (Å²) in [5.74, 6) is -0.925. The Bertz CT molecular complexity index is 507. The Hall–Kier alpha value is -1.04. The van der Waals surface area contributed by atoms with E-state index < -0.39 is 61.7 Å². The highest BCUT2D eigenvalue weighted by molar-refractivity contribution is 5.23. The number of rotatable bonds is 4. The highest BCUT2D eigenvalue weighted by Gasteiger charge is 2.52. The molecule has 9 heteroatoms. The summed E-state index contributed by atoms with van der Waals surface area (Å²) in [4.78, 5) is 0. The zero-order chi connectivity index (χ0) is 17.5. The first-order valence-electron chi connectivity index (χ1n) is 7.72. The number of fused-ring (bicyclic) bond motifs is 1. The molecule has 0 aromatic rings. The molecule has 1 saturated heterocycles. The topological polar surface area (TPSA) is 149 Å². The zero-order valence-corrected chi connectivity index (χ0v) is 12.8. The van der Waals surface area contributed by atoms with Gasteiger partial charge in [-0.25, -0.2) is 0 Å². The van der Waals surface area contributed by atoms with E-state index in [2.05, 4.69) is 0 Å². The van der Waals surface area contributed by atoms with Gasteiger partial charge >= 0.3 is 0 Å². The summed E-state index contributed by atoms with van der Waals surface area (Å²) >= 11 is 0. The van der Waals surface area contributed by atoms with Gasteiger partial charge in [0.1, 0.15) is 30.0 Å². The number of allylic oxidation sites excluding steroid dienone is 2. The van der Waals surface area contributed by atoms with E-state index in [1.165, 1.54) is 12.3 Å². The van der Waals surface area contributed by atoms with Crippen molar-refractivity contribution >= 4 is 0 Å². The van der Waals surface area contributed by atoms with E-state index in [0.717, 1.165) is 0 Å². The number of hydrogen-bond acceptors (Lipinski definition) is 9. The summed E-state index contributed by atoms with van der Waals surface area (Å²) in [6.45, 7) is -1.12. The maximum Gasteiger partial charge on any atom is 0.208 e. The van der Waals surface area contributed by atoms with E-state index in [1.807, 2.05) is 0 Å². The third-order valence-electron chi connectivity index (χ3n) is 4.78. The first-order valence-corrected chi connectivity index (χ1v) is 7.72. The van der Waals surface area contributed by atoms with E-state index in [9.17, 15) is 30.6 Å². The molecular formula is C15H22O9. The Balaban J connectivity index is 1.76. The summed E-state index contributed by atoms with van der Waals surface area (Å²) in [6, 6.07) is 0. The minimum Gasteiger partial charge on any atom is -0.472 e. The summed E-state index contributed by atoms with van der Waals surface area (Å²) in [5.41, 5.74) is -1.56. The molecular weight excluding hydrogens is 324 g/mol. The van der Waals surface area contributed by atoms with Crippen LogP contribution in [0.3, 0.4) is 0 Å². The number of aliphatic hydroxyl groups is 6. The van der Waals surface area contributed by atoms with Crippen molar-refractivity contribution in [3.05, 3.63) is 24.5 Å². The molecule has 2 aliphatic heterocycles. The van der Waals surface area contributed by atoms with Gasteiger partial charge in [0.2, 0.25) is 6.29 Å². The zero-order valence-electron chi connectivity index (χ0n) is 12.8. The highest BCUT2D eigenvalue weighted by Crippen LogP contribution is 2.42. The maximum absolute atomic E-state index is 10.5. The second-order valence-electron chi connectivity index (χ2n) is 6.28. The monoisotopic (exact) mass is 346 g/mol. The van der Waals surface area contributed by atoms with Crippen molar-refractivity contribution in [3.63, 3.8) is 0 Å². The third kappa shape index (κ3) is 2.87. The van der Waals surface area contributed by atoms with Crippen LogP contribution in [-0.4, -0.2) is 86.4 Å². The molecule has 2 heterocycles. The fourth-order valence-corrected chi connectivity index (χ4v) is 3.33. The lowest BCUT2D eigenvalue weighted by Gasteiger charge is -2.43. The standard InChI is InChI=1S/C15H22O9/c16-5-8-10(18)11(19)12(20)14(23-8)24-13-9-7(2-4-22-13)1-3-15(9,21)6-17/h1-4,7-14,16-21H,5-6H2/t7-,8-,9-,10-,11+,12+,13+,14+,15-/m1/s1. The predicted molar refractivity (Wildman–Crippen MR) is 77.0 cm³/mol. The highest BCUT2D eigenvalue weighted by atomic mass is 16.8. The second kappa shape index (κ2) is 6.70. The van der Waals surface area contributed by atoms with Gasteiger partial charge in [0, 0.05) is 5.92 Å². The lowest BCUT2D eigenvalue weighted by Crippen LogP contribution is -2.61. The molecule has 136 valence electrons. The van der Waals surface area contributed by atoms with Crippen molar-refractivity contribution in [2.24, 2.45) is 11.8 Å². The molecule has 0 bridgehead atoms. The van der Waals surface area contributed by atoms with Gasteiger partial charge in [0.15, 0.2) is 6.29 Å². The molecule has 9 atom stereocenters. The molecule has 0 aromatic carbocycles. The normalized spacial score (nSPS) is 50.6. The van der Waals surface area contributed by atoms with Gasteiger partial charge in [-0.1, -0.05) is 12.2 Å². The van der Waals surface area contributed by atoms with Gasteiger partial charge in [-0.05, 0) is 6.08 Å². The largest absolute Gasteiger partial charge is 0.472 e. The molecule has 3 rings (SSSR count). The lowest BCUT2D eigenvalue weighted by molar-refractivity contribution is -0.346. The summed E-state index contributed by atoms with van der Waals surface area (Å²) < 4.78 is 16.2. The van der Waals surface area contributed by atoms with Crippen LogP contribution in [0.2, 0.25) is 0 Å². The van der Waals surface area contributed by atoms with Gasteiger partial charge in [-0.3, -0.25) is 0 Å². The van der Waals surface area contributed by atoms with Gasteiger partial charge < -0.3 is 44.8 Å². The SMILES string of the molecule is OC[C@H]1O[C@@H](O[C@@H]2OC=C[C@H]3C=C[C@@](O)(CO)[C@H]32)[C@@H](O)[C@@H](O)[C@@H]1O. The quantitative estimate of drug-likeness (QED) is 0.297. The molecule has 24 heavy (non-hydrogen) atoms. The smallest absolute Gasteiger partial charge is 0.208 e.